The summed E-state index contributed by atoms with van der Waals surface area (Å²) < 4.78 is 40.0. The summed E-state index contributed by atoms with van der Waals surface area (Å²) in [6, 6.07) is 0. The number of aromatic nitrogens is 1. The average molecular weight is 377 g/mol. The number of thioether (sulfide) groups is 1. The summed E-state index contributed by atoms with van der Waals surface area (Å²) >= 11 is 2.35. The molecule has 0 fully saturated rings. The number of carbonyl (C=O) groups is 1. The minimum atomic E-state index is -4.66. The minimum Gasteiger partial charge on any atom is -0.387 e. The van der Waals surface area contributed by atoms with Gasteiger partial charge < -0.3 is 10.2 Å². The number of alkyl halides is 3. The van der Waals surface area contributed by atoms with Crippen LogP contribution in [0.15, 0.2) is 18.4 Å². The van der Waals surface area contributed by atoms with Gasteiger partial charge in [0.1, 0.15) is 9.88 Å². The lowest BCUT2D eigenvalue weighted by atomic mass is 10.2. The van der Waals surface area contributed by atoms with E-state index in [-0.39, 0.29) is 9.88 Å². The third-order valence-electron chi connectivity index (χ3n) is 3.40. The van der Waals surface area contributed by atoms with Crippen molar-refractivity contribution in [2.45, 2.75) is 13.1 Å². The lowest BCUT2D eigenvalue weighted by Gasteiger charge is -2.20. The Labute approximate surface area is 146 Å². The largest absolute Gasteiger partial charge is 0.435 e. The van der Waals surface area contributed by atoms with Gasteiger partial charge in [0.25, 0.3) is 5.91 Å². The standard InChI is InChI=1S/C15H18F3N3OS2/c1-3-21(7-8-23-2)14(22)11-12(15(16,17)18)20-13(24-11)10-5-4-6-19-9-10/h4-6,19H,3,7-9H2,1-2H3. The summed E-state index contributed by atoms with van der Waals surface area (Å²) in [5.74, 6) is 0.0643. The first-order valence-electron chi connectivity index (χ1n) is 7.34. The molecule has 24 heavy (non-hydrogen) atoms. The van der Waals surface area contributed by atoms with Crippen LogP contribution in [-0.4, -0.2) is 47.4 Å². The zero-order chi connectivity index (χ0) is 17.7. The molecule has 1 amide bonds. The number of amides is 1. The molecule has 9 heteroatoms. The molecule has 0 unspecified atom stereocenters. The van der Waals surface area contributed by atoms with Crippen LogP contribution in [0, 0.1) is 0 Å². The Morgan fingerprint density at radius 1 is 1.50 bits per heavy atom. The van der Waals surface area contributed by atoms with E-state index in [1.807, 2.05) is 6.26 Å². The minimum absolute atomic E-state index is 0.225. The van der Waals surface area contributed by atoms with Crippen LogP contribution in [-0.2, 0) is 6.18 Å². The predicted octanol–water partition coefficient (Wildman–Crippen LogP) is 3.49. The second-order valence-corrected chi connectivity index (χ2v) is 6.99. The summed E-state index contributed by atoms with van der Waals surface area (Å²) in [6.45, 7) is 2.91. The molecule has 0 aromatic carbocycles. The van der Waals surface area contributed by atoms with Gasteiger partial charge in [0, 0.05) is 31.0 Å². The third kappa shape index (κ3) is 4.32. The Hall–Kier alpha value is -1.48. The highest BCUT2D eigenvalue weighted by atomic mass is 32.2. The maximum absolute atomic E-state index is 13.3. The zero-order valence-corrected chi connectivity index (χ0v) is 14.9. The third-order valence-corrected chi connectivity index (χ3v) is 5.11. The normalized spacial score (nSPS) is 14.3. The van der Waals surface area contributed by atoms with Crippen molar-refractivity contribution in [1.29, 1.82) is 0 Å². The van der Waals surface area contributed by atoms with Crippen LogP contribution in [0.2, 0.25) is 0 Å². The van der Waals surface area contributed by atoms with Crippen molar-refractivity contribution >= 4 is 34.6 Å². The number of dihydropyridines is 1. The molecule has 1 aliphatic heterocycles. The van der Waals surface area contributed by atoms with E-state index in [1.54, 1.807) is 37.0 Å². The average Bonchev–Trinajstić information content (AvgIpc) is 3.02. The van der Waals surface area contributed by atoms with E-state index in [4.69, 9.17) is 0 Å². The Morgan fingerprint density at radius 2 is 2.25 bits per heavy atom. The van der Waals surface area contributed by atoms with E-state index in [1.165, 1.54) is 4.90 Å². The van der Waals surface area contributed by atoms with E-state index in [0.29, 0.717) is 31.0 Å². The van der Waals surface area contributed by atoms with Crippen molar-refractivity contribution in [1.82, 2.24) is 15.2 Å². The fraction of sp³-hybridized carbons (Fsp3) is 0.467. The number of nitrogens with one attached hydrogen (secondary N) is 1. The van der Waals surface area contributed by atoms with Gasteiger partial charge in [-0.25, -0.2) is 4.98 Å². The second kappa shape index (κ2) is 8.06. The molecule has 0 radical (unpaired) electrons. The molecule has 1 aromatic heterocycles. The first kappa shape index (κ1) is 18.9. The zero-order valence-electron chi connectivity index (χ0n) is 13.3. The molecule has 2 heterocycles. The van der Waals surface area contributed by atoms with Gasteiger partial charge in [0.2, 0.25) is 0 Å². The van der Waals surface area contributed by atoms with Gasteiger partial charge in [0.05, 0.1) is 0 Å². The smallest absolute Gasteiger partial charge is 0.387 e. The van der Waals surface area contributed by atoms with Gasteiger partial charge in [0.15, 0.2) is 5.69 Å². The van der Waals surface area contributed by atoms with Crippen LogP contribution in [0.25, 0.3) is 5.57 Å². The molecule has 1 aromatic rings. The molecule has 0 atom stereocenters. The molecular formula is C15H18F3N3OS2. The maximum Gasteiger partial charge on any atom is 0.435 e. The molecule has 0 saturated carbocycles. The maximum atomic E-state index is 13.3. The number of thiazole rings is 1. The molecular weight excluding hydrogens is 359 g/mol. The summed E-state index contributed by atoms with van der Waals surface area (Å²) in [4.78, 5) is 17.4. The van der Waals surface area contributed by atoms with Crippen LogP contribution >= 0.6 is 23.1 Å². The van der Waals surface area contributed by atoms with Crippen LogP contribution in [0.3, 0.4) is 0 Å². The first-order valence-corrected chi connectivity index (χ1v) is 9.55. The number of hydrogen-bond acceptors (Lipinski definition) is 5. The molecule has 0 bridgehead atoms. The topological polar surface area (TPSA) is 45.2 Å². The van der Waals surface area contributed by atoms with Crippen molar-refractivity contribution < 1.29 is 18.0 Å². The molecule has 1 aliphatic rings. The van der Waals surface area contributed by atoms with E-state index in [2.05, 4.69) is 10.3 Å². The number of nitrogens with zero attached hydrogens (tertiary/aromatic N) is 2. The number of halogens is 3. The highest BCUT2D eigenvalue weighted by Gasteiger charge is 2.40. The van der Waals surface area contributed by atoms with Crippen LogP contribution in [0.1, 0.15) is 27.3 Å². The lowest BCUT2D eigenvalue weighted by molar-refractivity contribution is -0.141. The first-order chi connectivity index (χ1) is 11.4. The number of rotatable bonds is 6. The lowest BCUT2D eigenvalue weighted by Crippen LogP contribution is -2.33. The fourth-order valence-electron chi connectivity index (χ4n) is 2.15. The van der Waals surface area contributed by atoms with Crippen molar-refractivity contribution in [2.75, 3.05) is 31.6 Å². The Balaban J connectivity index is 2.39. The highest BCUT2D eigenvalue weighted by molar-refractivity contribution is 7.98. The Kier molecular flexibility index (Phi) is 6.34. The van der Waals surface area contributed by atoms with Crippen LogP contribution < -0.4 is 5.32 Å². The van der Waals surface area contributed by atoms with Crippen LogP contribution in [0.4, 0.5) is 13.2 Å². The van der Waals surface area contributed by atoms with Gasteiger partial charge in [-0.3, -0.25) is 4.79 Å². The molecule has 0 spiro atoms. The van der Waals surface area contributed by atoms with Gasteiger partial charge in [-0.15, -0.1) is 11.3 Å². The molecule has 2 rings (SSSR count). The van der Waals surface area contributed by atoms with Crippen molar-refractivity contribution in [2.24, 2.45) is 0 Å². The van der Waals surface area contributed by atoms with Crippen molar-refractivity contribution in [3.8, 4) is 0 Å². The van der Waals surface area contributed by atoms with Crippen molar-refractivity contribution in [3.63, 3.8) is 0 Å². The molecule has 132 valence electrons. The summed E-state index contributed by atoms with van der Waals surface area (Å²) in [5.41, 5.74) is -0.454. The molecule has 0 aliphatic carbocycles. The van der Waals surface area contributed by atoms with E-state index < -0.39 is 17.8 Å². The van der Waals surface area contributed by atoms with Gasteiger partial charge >= 0.3 is 6.18 Å². The van der Waals surface area contributed by atoms with E-state index >= 15 is 0 Å². The van der Waals surface area contributed by atoms with Crippen molar-refractivity contribution in [3.05, 3.63) is 33.9 Å². The van der Waals surface area contributed by atoms with Gasteiger partial charge in [-0.05, 0) is 25.5 Å². The van der Waals surface area contributed by atoms with Gasteiger partial charge in [-0.1, -0.05) is 6.08 Å². The van der Waals surface area contributed by atoms with E-state index in [0.717, 1.165) is 11.3 Å². The highest BCUT2D eigenvalue weighted by Crippen LogP contribution is 2.37. The fourth-order valence-corrected chi connectivity index (χ4v) is 3.63. The summed E-state index contributed by atoms with van der Waals surface area (Å²) in [5, 5.41) is 3.16. The van der Waals surface area contributed by atoms with E-state index in [9.17, 15) is 18.0 Å². The second-order valence-electron chi connectivity index (χ2n) is 5.00. The summed E-state index contributed by atoms with van der Waals surface area (Å²) in [7, 11) is 0. The Morgan fingerprint density at radius 3 is 2.79 bits per heavy atom. The monoisotopic (exact) mass is 377 g/mol. The molecule has 4 nitrogen and oxygen atoms in total. The van der Waals surface area contributed by atoms with Crippen LogP contribution in [0.5, 0.6) is 0 Å². The number of carbonyl (C=O) groups excluding carboxylic acids is 1. The number of allylic oxidation sites excluding steroid dienone is 2. The molecule has 0 saturated heterocycles. The Bertz CT molecular complexity index is 653. The molecule has 1 N–H and O–H groups in total. The quantitative estimate of drug-likeness (QED) is 0.824. The number of hydrogen-bond donors (Lipinski definition) is 1. The SMILES string of the molecule is CCN(CCSC)C(=O)c1sc(C2=CC=CNC2)nc1C(F)(F)F. The van der Waals surface area contributed by atoms with Gasteiger partial charge in [-0.2, -0.15) is 24.9 Å². The predicted molar refractivity (Wildman–Crippen MR) is 92.2 cm³/mol. The summed E-state index contributed by atoms with van der Waals surface area (Å²) in [6.07, 6.45) is 2.34.